The SMILES string of the molecule is CC(C)[C@@H](NS(=O)(=O)C1CC1)c1ccccc1Cl. The Hall–Kier alpha value is -0.580. The summed E-state index contributed by atoms with van der Waals surface area (Å²) in [6.45, 7) is 3.98. The zero-order valence-corrected chi connectivity index (χ0v) is 12.1. The monoisotopic (exact) mass is 287 g/mol. The van der Waals surface area contributed by atoms with E-state index in [1.165, 1.54) is 0 Å². The first-order valence-corrected chi connectivity index (χ1v) is 8.10. The van der Waals surface area contributed by atoms with Crippen LogP contribution in [0, 0.1) is 5.92 Å². The maximum absolute atomic E-state index is 12.0. The van der Waals surface area contributed by atoms with Crippen LogP contribution in [0.1, 0.15) is 38.3 Å². The topological polar surface area (TPSA) is 46.2 Å². The Morgan fingerprint density at radius 3 is 2.39 bits per heavy atom. The van der Waals surface area contributed by atoms with Crippen molar-refractivity contribution in [2.45, 2.75) is 38.0 Å². The van der Waals surface area contributed by atoms with Crippen LogP contribution in [0.4, 0.5) is 0 Å². The first kappa shape index (κ1) is 13.8. The van der Waals surface area contributed by atoms with Gasteiger partial charge in [-0.3, -0.25) is 0 Å². The predicted octanol–water partition coefficient (Wildman–Crippen LogP) is 3.12. The standard InChI is InChI=1S/C13H18ClNO2S/c1-9(2)13(11-5-3-4-6-12(11)14)15-18(16,17)10-7-8-10/h3-6,9-10,13,15H,7-8H2,1-2H3/t13-/m1/s1. The lowest BCUT2D eigenvalue weighted by Crippen LogP contribution is -2.34. The third-order valence-corrected chi connectivity index (χ3v) is 5.44. The average Bonchev–Trinajstić information content (AvgIpc) is 3.10. The molecule has 0 heterocycles. The Kier molecular flexibility index (Phi) is 3.99. The van der Waals surface area contributed by atoms with Gasteiger partial charge >= 0.3 is 0 Å². The summed E-state index contributed by atoms with van der Waals surface area (Å²) in [5.41, 5.74) is 0.846. The molecule has 1 fully saturated rings. The van der Waals surface area contributed by atoms with Crippen molar-refractivity contribution < 1.29 is 8.42 Å². The molecule has 0 bridgehead atoms. The Morgan fingerprint density at radius 2 is 1.89 bits per heavy atom. The number of halogens is 1. The second-order valence-electron chi connectivity index (χ2n) is 5.11. The van der Waals surface area contributed by atoms with Crippen LogP contribution in [-0.2, 0) is 10.0 Å². The van der Waals surface area contributed by atoms with Gasteiger partial charge in [0.05, 0.1) is 11.3 Å². The van der Waals surface area contributed by atoms with Crippen LogP contribution in [-0.4, -0.2) is 13.7 Å². The minimum atomic E-state index is -3.20. The van der Waals surface area contributed by atoms with Gasteiger partial charge in [0.25, 0.3) is 0 Å². The van der Waals surface area contributed by atoms with Gasteiger partial charge in [-0.1, -0.05) is 43.6 Å². The molecule has 1 saturated carbocycles. The van der Waals surface area contributed by atoms with Crippen LogP contribution >= 0.6 is 11.6 Å². The van der Waals surface area contributed by atoms with Crippen molar-refractivity contribution in [3.63, 3.8) is 0 Å². The molecule has 1 aromatic rings. The molecule has 0 unspecified atom stereocenters. The van der Waals surface area contributed by atoms with Gasteiger partial charge in [-0.2, -0.15) is 0 Å². The number of benzene rings is 1. The summed E-state index contributed by atoms with van der Waals surface area (Å²) in [5, 5.41) is 0.399. The number of rotatable bonds is 5. The molecule has 2 rings (SSSR count). The summed E-state index contributed by atoms with van der Waals surface area (Å²) in [6.07, 6.45) is 1.53. The predicted molar refractivity (Wildman–Crippen MR) is 74.1 cm³/mol. The van der Waals surface area contributed by atoms with Crippen LogP contribution in [0.15, 0.2) is 24.3 Å². The normalized spacial score (nSPS) is 18.0. The third-order valence-electron chi connectivity index (χ3n) is 3.16. The maximum atomic E-state index is 12.0. The average molecular weight is 288 g/mol. The molecular formula is C13H18ClNO2S. The molecule has 1 aliphatic carbocycles. The van der Waals surface area contributed by atoms with Crippen molar-refractivity contribution in [1.29, 1.82) is 0 Å². The highest BCUT2D eigenvalue weighted by atomic mass is 35.5. The molecule has 1 aliphatic rings. The van der Waals surface area contributed by atoms with Crippen molar-refractivity contribution in [1.82, 2.24) is 4.72 Å². The molecule has 0 aromatic heterocycles. The number of hydrogen-bond donors (Lipinski definition) is 1. The van der Waals surface area contributed by atoms with E-state index in [1.807, 2.05) is 32.0 Å². The Bertz CT molecular complexity index is 524. The number of hydrogen-bond acceptors (Lipinski definition) is 2. The molecule has 1 N–H and O–H groups in total. The summed E-state index contributed by atoms with van der Waals surface area (Å²) in [4.78, 5) is 0. The highest BCUT2D eigenvalue weighted by molar-refractivity contribution is 7.90. The van der Waals surface area contributed by atoms with E-state index in [2.05, 4.69) is 4.72 Å². The zero-order valence-electron chi connectivity index (χ0n) is 10.6. The summed E-state index contributed by atoms with van der Waals surface area (Å²) in [6, 6.07) is 7.13. The highest BCUT2D eigenvalue weighted by Gasteiger charge is 2.38. The minimum Gasteiger partial charge on any atom is -0.212 e. The van der Waals surface area contributed by atoms with Crippen molar-refractivity contribution in [2.24, 2.45) is 5.92 Å². The first-order valence-electron chi connectivity index (χ1n) is 6.17. The second-order valence-corrected chi connectivity index (χ2v) is 7.51. The van der Waals surface area contributed by atoms with E-state index < -0.39 is 10.0 Å². The van der Waals surface area contributed by atoms with Crippen LogP contribution in [0.25, 0.3) is 0 Å². The molecule has 1 aromatic carbocycles. The molecule has 0 saturated heterocycles. The van der Waals surface area contributed by atoms with Gasteiger partial charge in [-0.05, 0) is 30.4 Å². The maximum Gasteiger partial charge on any atom is 0.215 e. The fourth-order valence-corrected chi connectivity index (χ4v) is 3.89. The summed E-state index contributed by atoms with van der Waals surface area (Å²) < 4.78 is 26.9. The molecule has 1 atom stereocenters. The van der Waals surface area contributed by atoms with Crippen molar-refractivity contribution in [3.8, 4) is 0 Å². The zero-order chi connectivity index (χ0) is 13.3. The van der Waals surface area contributed by atoms with Crippen LogP contribution in [0.5, 0.6) is 0 Å². The van der Waals surface area contributed by atoms with E-state index in [1.54, 1.807) is 6.07 Å². The van der Waals surface area contributed by atoms with Crippen LogP contribution in [0.2, 0.25) is 5.02 Å². The lowest BCUT2D eigenvalue weighted by Gasteiger charge is -2.23. The molecule has 0 spiro atoms. The number of sulfonamides is 1. The molecule has 18 heavy (non-hydrogen) atoms. The quantitative estimate of drug-likeness (QED) is 0.904. The second kappa shape index (κ2) is 5.19. The van der Waals surface area contributed by atoms with E-state index in [4.69, 9.17) is 11.6 Å². The van der Waals surface area contributed by atoms with Gasteiger partial charge in [-0.15, -0.1) is 0 Å². The van der Waals surface area contributed by atoms with Crippen molar-refractivity contribution >= 4 is 21.6 Å². The third kappa shape index (κ3) is 3.05. The first-order chi connectivity index (χ1) is 8.42. The summed E-state index contributed by atoms with van der Waals surface area (Å²) >= 11 is 6.15. The van der Waals surface area contributed by atoms with Gasteiger partial charge in [0.1, 0.15) is 0 Å². The van der Waals surface area contributed by atoms with Gasteiger partial charge in [0.2, 0.25) is 10.0 Å². The van der Waals surface area contributed by atoms with E-state index in [0.717, 1.165) is 18.4 Å². The molecule has 0 amide bonds. The molecule has 5 heteroatoms. The number of nitrogens with one attached hydrogen (secondary N) is 1. The molecule has 3 nitrogen and oxygen atoms in total. The van der Waals surface area contributed by atoms with Crippen molar-refractivity contribution in [3.05, 3.63) is 34.9 Å². The van der Waals surface area contributed by atoms with Crippen LogP contribution in [0.3, 0.4) is 0 Å². The fraction of sp³-hybridized carbons (Fsp3) is 0.538. The molecule has 100 valence electrons. The minimum absolute atomic E-state index is 0.151. The summed E-state index contributed by atoms with van der Waals surface area (Å²) in [5.74, 6) is 0.151. The fourth-order valence-electron chi connectivity index (χ4n) is 1.94. The van der Waals surface area contributed by atoms with E-state index >= 15 is 0 Å². The largest absolute Gasteiger partial charge is 0.215 e. The van der Waals surface area contributed by atoms with E-state index in [9.17, 15) is 8.42 Å². The lowest BCUT2D eigenvalue weighted by atomic mass is 9.97. The lowest BCUT2D eigenvalue weighted by molar-refractivity contribution is 0.462. The summed E-state index contributed by atoms with van der Waals surface area (Å²) in [7, 11) is -3.20. The smallest absolute Gasteiger partial charge is 0.212 e. The van der Waals surface area contributed by atoms with E-state index in [-0.39, 0.29) is 17.2 Å². The molecular weight excluding hydrogens is 270 g/mol. The van der Waals surface area contributed by atoms with E-state index in [0.29, 0.717) is 5.02 Å². The van der Waals surface area contributed by atoms with Gasteiger partial charge in [0.15, 0.2) is 0 Å². The Morgan fingerprint density at radius 1 is 1.28 bits per heavy atom. The Labute approximate surface area is 114 Å². The van der Waals surface area contributed by atoms with Gasteiger partial charge < -0.3 is 0 Å². The van der Waals surface area contributed by atoms with Gasteiger partial charge in [0, 0.05) is 5.02 Å². The van der Waals surface area contributed by atoms with Crippen LogP contribution < -0.4 is 4.72 Å². The van der Waals surface area contributed by atoms with Crippen molar-refractivity contribution in [2.75, 3.05) is 0 Å². The Balaban J connectivity index is 2.27. The molecule has 0 aliphatic heterocycles. The molecule has 0 radical (unpaired) electrons. The highest BCUT2D eigenvalue weighted by Crippen LogP contribution is 2.33. The van der Waals surface area contributed by atoms with Gasteiger partial charge in [-0.25, -0.2) is 13.1 Å².